The molecule has 2 amide bonds. The van der Waals surface area contributed by atoms with E-state index in [2.05, 4.69) is 20.9 Å². The summed E-state index contributed by atoms with van der Waals surface area (Å²) in [7, 11) is 0. The molecular formula is C21H27ClN6O3. The Balaban J connectivity index is 0.00000231. The number of anilines is 2. The van der Waals surface area contributed by atoms with E-state index in [1.165, 1.54) is 0 Å². The van der Waals surface area contributed by atoms with Crippen LogP contribution < -0.4 is 20.9 Å². The molecule has 3 aliphatic rings. The van der Waals surface area contributed by atoms with Crippen LogP contribution >= 0.6 is 12.4 Å². The molecule has 1 aromatic carbocycles. The number of halogens is 1. The quantitative estimate of drug-likeness (QED) is 0.552. The maximum atomic E-state index is 11.8. The van der Waals surface area contributed by atoms with Gasteiger partial charge in [-0.05, 0) is 25.0 Å². The number of aromatic nitrogens is 2. The van der Waals surface area contributed by atoms with Crippen molar-refractivity contribution in [1.29, 1.82) is 0 Å². The summed E-state index contributed by atoms with van der Waals surface area (Å²) in [6.07, 6.45) is 2.79. The van der Waals surface area contributed by atoms with Crippen molar-refractivity contribution in [3.05, 3.63) is 35.5 Å². The van der Waals surface area contributed by atoms with Gasteiger partial charge in [-0.2, -0.15) is 0 Å². The van der Waals surface area contributed by atoms with Crippen LogP contribution in [0.5, 0.6) is 0 Å². The van der Waals surface area contributed by atoms with Gasteiger partial charge in [0.1, 0.15) is 0 Å². The SMILES string of the molecule is Cl.O=C(NCCO)Nc1ccc(-c2nc(N3CC4CCC(C3)O4)nc3c2CNC3)cc1. The van der Waals surface area contributed by atoms with Gasteiger partial charge in [0.15, 0.2) is 0 Å². The van der Waals surface area contributed by atoms with Crippen LogP contribution in [0.3, 0.4) is 0 Å². The molecule has 166 valence electrons. The molecule has 2 aromatic rings. The lowest BCUT2D eigenvalue weighted by molar-refractivity contribution is 0.0299. The Bertz CT molecular complexity index is 929. The average molecular weight is 447 g/mol. The van der Waals surface area contributed by atoms with E-state index in [0.29, 0.717) is 5.69 Å². The van der Waals surface area contributed by atoms with Crippen LogP contribution in [0.2, 0.25) is 0 Å². The molecule has 0 spiro atoms. The Labute approximate surface area is 187 Å². The largest absolute Gasteiger partial charge is 0.395 e. The normalized spacial score (nSPS) is 21.4. The lowest BCUT2D eigenvalue weighted by Crippen LogP contribution is -2.43. The molecule has 2 unspecified atom stereocenters. The van der Waals surface area contributed by atoms with Crippen molar-refractivity contribution in [1.82, 2.24) is 20.6 Å². The fourth-order valence-electron chi connectivity index (χ4n) is 4.37. The molecule has 4 heterocycles. The van der Waals surface area contributed by atoms with Crippen LogP contribution in [-0.2, 0) is 17.8 Å². The molecule has 9 nitrogen and oxygen atoms in total. The molecule has 2 saturated heterocycles. The summed E-state index contributed by atoms with van der Waals surface area (Å²) in [5.41, 5.74) is 4.81. The Morgan fingerprint density at radius 2 is 1.90 bits per heavy atom. The minimum absolute atomic E-state index is 0. The first-order chi connectivity index (χ1) is 14.7. The third-order valence-corrected chi connectivity index (χ3v) is 5.82. The molecule has 4 N–H and O–H groups in total. The van der Waals surface area contributed by atoms with Gasteiger partial charge < -0.3 is 30.7 Å². The number of ether oxygens (including phenoxy) is 1. The highest BCUT2D eigenvalue weighted by molar-refractivity contribution is 5.89. The van der Waals surface area contributed by atoms with E-state index in [4.69, 9.17) is 19.8 Å². The fourth-order valence-corrected chi connectivity index (χ4v) is 4.37. The van der Waals surface area contributed by atoms with Crippen LogP contribution in [-0.4, -0.2) is 59.6 Å². The predicted molar refractivity (Wildman–Crippen MR) is 119 cm³/mol. The van der Waals surface area contributed by atoms with Gasteiger partial charge in [0, 0.05) is 49.5 Å². The molecule has 0 saturated carbocycles. The van der Waals surface area contributed by atoms with Gasteiger partial charge in [-0.25, -0.2) is 14.8 Å². The van der Waals surface area contributed by atoms with Gasteiger partial charge in [-0.1, -0.05) is 12.1 Å². The second-order valence-corrected chi connectivity index (χ2v) is 7.95. The van der Waals surface area contributed by atoms with Crippen molar-refractivity contribution in [2.75, 3.05) is 36.5 Å². The van der Waals surface area contributed by atoms with Crippen molar-refractivity contribution < 1.29 is 14.6 Å². The summed E-state index contributed by atoms with van der Waals surface area (Å²) in [5, 5.41) is 17.5. The first-order valence-electron chi connectivity index (χ1n) is 10.5. The minimum atomic E-state index is -0.340. The standard InChI is InChI=1S/C21H26N6O3.ClH/c28-8-7-23-21(29)24-14-3-1-13(2-4-14)19-17-9-22-10-18(17)25-20(26-19)27-11-15-5-6-16(12-27)30-15;/h1-4,15-16,22,28H,5-12H2,(H2,23,24,29);1H. The van der Waals surface area contributed by atoms with Crippen LogP contribution in [0.15, 0.2) is 24.3 Å². The number of carbonyl (C=O) groups is 1. The number of hydrogen-bond donors (Lipinski definition) is 4. The number of aliphatic hydroxyl groups excluding tert-OH is 1. The van der Waals surface area contributed by atoms with E-state index in [-0.39, 0.29) is 43.8 Å². The fraction of sp³-hybridized carbons (Fsp3) is 0.476. The Hall–Kier alpha value is -2.46. The van der Waals surface area contributed by atoms with Crippen molar-refractivity contribution in [3.8, 4) is 11.3 Å². The number of nitrogens with one attached hydrogen (secondary N) is 3. The van der Waals surface area contributed by atoms with Gasteiger partial charge in [0.05, 0.1) is 30.2 Å². The summed E-state index contributed by atoms with van der Waals surface area (Å²) >= 11 is 0. The molecular weight excluding hydrogens is 420 g/mol. The zero-order chi connectivity index (χ0) is 20.5. The van der Waals surface area contributed by atoms with E-state index < -0.39 is 0 Å². The van der Waals surface area contributed by atoms with E-state index in [9.17, 15) is 4.79 Å². The van der Waals surface area contributed by atoms with Crippen LogP contribution in [0.1, 0.15) is 24.1 Å². The lowest BCUT2D eigenvalue weighted by atomic mass is 10.1. The third-order valence-electron chi connectivity index (χ3n) is 5.82. The summed E-state index contributed by atoms with van der Waals surface area (Å²) in [6, 6.07) is 7.32. The molecule has 2 bridgehead atoms. The molecule has 3 aliphatic heterocycles. The maximum Gasteiger partial charge on any atom is 0.319 e. The number of nitrogens with zero attached hydrogens (tertiary/aromatic N) is 3. The first kappa shape index (κ1) is 21.8. The second-order valence-electron chi connectivity index (χ2n) is 7.95. The summed E-state index contributed by atoms with van der Waals surface area (Å²) in [5.74, 6) is 0.776. The number of amides is 2. The highest BCUT2D eigenvalue weighted by Crippen LogP contribution is 2.32. The Morgan fingerprint density at radius 1 is 1.16 bits per heavy atom. The summed E-state index contributed by atoms with van der Waals surface area (Å²) < 4.78 is 5.96. The first-order valence-corrected chi connectivity index (χ1v) is 10.5. The lowest BCUT2D eigenvalue weighted by Gasteiger charge is -2.32. The Kier molecular flexibility index (Phi) is 6.57. The molecule has 5 rings (SSSR count). The zero-order valence-corrected chi connectivity index (χ0v) is 18.0. The number of fused-ring (bicyclic) bond motifs is 3. The average Bonchev–Trinajstić information content (AvgIpc) is 3.37. The van der Waals surface area contributed by atoms with Gasteiger partial charge >= 0.3 is 6.03 Å². The van der Waals surface area contributed by atoms with E-state index in [0.717, 1.165) is 67.5 Å². The summed E-state index contributed by atoms with van der Waals surface area (Å²) in [4.78, 5) is 23.9. The number of carbonyl (C=O) groups excluding carboxylic acids is 1. The topological polar surface area (TPSA) is 112 Å². The number of rotatable bonds is 5. The summed E-state index contributed by atoms with van der Waals surface area (Å²) in [6.45, 7) is 3.31. The molecule has 10 heteroatoms. The number of morpholine rings is 1. The molecule has 31 heavy (non-hydrogen) atoms. The van der Waals surface area contributed by atoms with E-state index >= 15 is 0 Å². The number of urea groups is 1. The molecule has 2 fully saturated rings. The molecule has 1 aromatic heterocycles. The van der Waals surface area contributed by atoms with Crippen molar-refractivity contribution in [2.45, 2.75) is 38.1 Å². The van der Waals surface area contributed by atoms with Gasteiger partial charge in [0.2, 0.25) is 5.95 Å². The highest BCUT2D eigenvalue weighted by atomic mass is 35.5. The van der Waals surface area contributed by atoms with E-state index in [1.54, 1.807) is 0 Å². The van der Waals surface area contributed by atoms with Crippen molar-refractivity contribution in [3.63, 3.8) is 0 Å². The zero-order valence-electron chi connectivity index (χ0n) is 17.1. The number of hydrogen-bond acceptors (Lipinski definition) is 7. The van der Waals surface area contributed by atoms with Gasteiger partial charge in [0.25, 0.3) is 0 Å². The molecule has 0 radical (unpaired) electrons. The monoisotopic (exact) mass is 446 g/mol. The number of benzene rings is 1. The van der Waals surface area contributed by atoms with Crippen LogP contribution in [0.25, 0.3) is 11.3 Å². The minimum Gasteiger partial charge on any atom is -0.395 e. The Morgan fingerprint density at radius 3 is 2.61 bits per heavy atom. The molecule has 0 aliphatic carbocycles. The predicted octanol–water partition coefficient (Wildman–Crippen LogP) is 1.65. The number of aliphatic hydroxyl groups is 1. The van der Waals surface area contributed by atoms with E-state index in [1.807, 2.05) is 24.3 Å². The van der Waals surface area contributed by atoms with Crippen molar-refractivity contribution >= 4 is 30.1 Å². The third kappa shape index (κ3) is 4.59. The maximum absolute atomic E-state index is 11.8. The van der Waals surface area contributed by atoms with Crippen molar-refractivity contribution in [2.24, 2.45) is 0 Å². The van der Waals surface area contributed by atoms with Crippen LogP contribution in [0, 0.1) is 0 Å². The van der Waals surface area contributed by atoms with Gasteiger partial charge in [-0.15, -0.1) is 12.4 Å². The second kappa shape index (κ2) is 9.35. The highest BCUT2D eigenvalue weighted by Gasteiger charge is 2.35. The molecule has 2 atom stereocenters. The van der Waals surface area contributed by atoms with Crippen LogP contribution in [0.4, 0.5) is 16.4 Å². The smallest absolute Gasteiger partial charge is 0.319 e. The van der Waals surface area contributed by atoms with Gasteiger partial charge in [-0.3, -0.25) is 0 Å².